The van der Waals surface area contributed by atoms with Gasteiger partial charge in [-0.25, -0.2) is 0 Å². The topological polar surface area (TPSA) is 30.5 Å². The lowest BCUT2D eigenvalue weighted by atomic mass is 9.93. The van der Waals surface area contributed by atoms with Crippen LogP contribution in [-0.4, -0.2) is 37.5 Å². The first kappa shape index (κ1) is 13.3. The van der Waals surface area contributed by atoms with Crippen molar-refractivity contribution in [3.63, 3.8) is 0 Å². The maximum Gasteiger partial charge on any atom is 0.105 e. The van der Waals surface area contributed by atoms with Crippen molar-refractivity contribution < 1.29 is 9.47 Å². The molecular weight excluding hydrogens is 214 g/mol. The first-order chi connectivity index (χ1) is 8.20. The molecule has 17 heavy (non-hydrogen) atoms. The van der Waals surface area contributed by atoms with E-state index in [1.54, 1.807) is 0 Å². The van der Waals surface area contributed by atoms with Crippen LogP contribution in [0.4, 0.5) is 0 Å². The van der Waals surface area contributed by atoms with Crippen molar-refractivity contribution in [2.75, 3.05) is 19.8 Å². The van der Waals surface area contributed by atoms with Gasteiger partial charge in [-0.2, -0.15) is 0 Å². The van der Waals surface area contributed by atoms with Crippen LogP contribution in [0, 0.1) is 0 Å². The van der Waals surface area contributed by atoms with Crippen LogP contribution < -0.4 is 5.32 Å². The minimum absolute atomic E-state index is 0.0786. The van der Waals surface area contributed by atoms with Gasteiger partial charge in [-0.05, 0) is 12.8 Å². The van der Waals surface area contributed by atoms with E-state index >= 15 is 0 Å². The molecule has 0 aromatic heterocycles. The molecule has 0 aromatic carbocycles. The molecule has 0 spiro atoms. The highest BCUT2D eigenvalue weighted by Gasteiger charge is 2.36. The van der Waals surface area contributed by atoms with E-state index in [1.165, 1.54) is 38.5 Å². The molecule has 0 amide bonds. The van der Waals surface area contributed by atoms with Crippen molar-refractivity contribution in [1.82, 2.24) is 5.32 Å². The Morgan fingerprint density at radius 3 is 2.29 bits per heavy atom. The number of ether oxygens (including phenoxy) is 2. The van der Waals surface area contributed by atoms with Crippen molar-refractivity contribution in [2.45, 2.75) is 70.1 Å². The van der Waals surface area contributed by atoms with Crippen molar-refractivity contribution in [2.24, 2.45) is 0 Å². The van der Waals surface area contributed by atoms with E-state index in [9.17, 15) is 0 Å². The molecule has 0 atom stereocenters. The highest BCUT2D eigenvalue weighted by molar-refractivity contribution is 4.88. The van der Waals surface area contributed by atoms with Gasteiger partial charge in [0.15, 0.2) is 0 Å². The molecule has 1 aliphatic heterocycles. The second-order valence-corrected chi connectivity index (χ2v) is 5.91. The predicted molar refractivity (Wildman–Crippen MR) is 69.3 cm³/mol. The lowest BCUT2D eigenvalue weighted by Gasteiger charge is -2.40. The van der Waals surface area contributed by atoms with E-state index < -0.39 is 0 Å². The molecule has 0 aromatic rings. The van der Waals surface area contributed by atoms with E-state index in [0.717, 1.165) is 19.8 Å². The minimum atomic E-state index is 0.0786. The molecule has 3 nitrogen and oxygen atoms in total. The number of hydrogen-bond donors (Lipinski definition) is 1. The normalized spacial score (nSPS) is 25.6. The van der Waals surface area contributed by atoms with Crippen LogP contribution in [0.1, 0.15) is 52.4 Å². The Morgan fingerprint density at radius 1 is 1.18 bits per heavy atom. The molecular formula is C14H27NO2. The van der Waals surface area contributed by atoms with Gasteiger partial charge in [0.1, 0.15) is 6.10 Å². The third kappa shape index (κ3) is 3.94. The Bertz CT molecular complexity index is 218. The van der Waals surface area contributed by atoms with Gasteiger partial charge in [0.25, 0.3) is 0 Å². The van der Waals surface area contributed by atoms with Gasteiger partial charge in [-0.15, -0.1) is 0 Å². The van der Waals surface area contributed by atoms with Gasteiger partial charge in [0, 0.05) is 12.6 Å². The van der Waals surface area contributed by atoms with Crippen molar-refractivity contribution in [3.05, 3.63) is 0 Å². The van der Waals surface area contributed by atoms with Gasteiger partial charge in [-0.1, -0.05) is 39.5 Å². The molecule has 3 heteroatoms. The average Bonchev–Trinajstić information content (AvgIpc) is 2.47. The first-order valence-electron chi connectivity index (χ1n) is 7.19. The van der Waals surface area contributed by atoms with Crippen LogP contribution in [0.2, 0.25) is 0 Å². The Labute approximate surface area is 105 Å². The molecule has 1 saturated heterocycles. The quantitative estimate of drug-likeness (QED) is 0.750. The largest absolute Gasteiger partial charge is 0.376 e. The Kier molecular flexibility index (Phi) is 4.83. The van der Waals surface area contributed by atoms with Crippen LogP contribution in [-0.2, 0) is 9.47 Å². The summed E-state index contributed by atoms with van der Waals surface area (Å²) in [5, 5.41) is 3.57. The molecule has 100 valence electrons. The summed E-state index contributed by atoms with van der Waals surface area (Å²) in [6.07, 6.45) is 8.14. The zero-order valence-corrected chi connectivity index (χ0v) is 11.3. The highest BCUT2D eigenvalue weighted by Crippen LogP contribution is 2.32. The maximum absolute atomic E-state index is 6.36. The lowest BCUT2D eigenvalue weighted by Crippen LogP contribution is -2.51. The molecule has 0 unspecified atom stereocenters. The van der Waals surface area contributed by atoms with Gasteiger partial charge >= 0.3 is 0 Å². The molecule has 2 fully saturated rings. The molecule has 0 bridgehead atoms. The van der Waals surface area contributed by atoms with Crippen molar-refractivity contribution in [1.29, 1.82) is 0 Å². The van der Waals surface area contributed by atoms with Crippen molar-refractivity contribution in [3.8, 4) is 0 Å². The van der Waals surface area contributed by atoms with Crippen LogP contribution in [0.25, 0.3) is 0 Å². The van der Waals surface area contributed by atoms with Gasteiger partial charge in [0.05, 0.1) is 18.8 Å². The molecule has 1 N–H and O–H groups in total. The number of rotatable bonds is 5. The summed E-state index contributed by atoms with van der Waals surface area (Å²) in [5.41, 5.74) is 0.0786. The predicted octanol–water partition coefficient (Wildman–Crippen LogP) is 2.49. The summed E-state index contributed by atoms with van der Waals surface area (Å²) in [6, 6.07) is 0.538. The molecule has 2 rings (SSSR count). The summed E-state index contributed by atoms with van der Waals surface area (Å²) in [4.78, 5) is 0. The fraction of sp³-hybridized carbons (Fsp3) is 1.00. The first-order valence-corrected chi connectivity index (χ1v) is 7.19. The number of hydrogen-bond acceptors (Lipinski definition) is 3. The standard InChI is InChI=1S/C14H27NO2/c1-12(2)15-11-14(17-13-9-16-10-13)7-5-3-4-6-8-14/h12-13,15H,3-11H2,1-2H3. The van der Waals surface area contributed by atoms with E-state index in [-0.39, 0.29) is 5.60 Å². The van der Waals surface area contributed by atoms with Crippen LogP contribution in [0.15, 0.2) is 0 Å². The Hall–Kier alpha value is -0.120. The summed E-state index contributed by atoms with van der Waals surface area (Å²) in [7, 11) is 0. The zero-order chi connectivity index (χ0) is 12.1. The average molecular weight is 241 g/mol. The fourth-order valence-electron chi connectivity index (χ4n) is 2.73. The molecule has 1 aliphatic carbocycles. The van der Waals surface area contributed by atoms with Crippen LogP contribution in [0.5, 0.6) is 0 Å². The molecule has 1 saturated carbocycles. The summed E-state index contributed by atoms with van der Waals surface area (Å²) < 4.78 is 11.6. The van der Waals surface area contributed by atoms with Gasteiger partial charge in [-0.3, -0.25) is 0 Å². The Balaban J connectivity index is 1.92. The van der Waals surface area contributed by atoms with E-state index in [2.05, 4.69) is 19.2 Å². The second-order valence-electron chi connectivity index (χ2n) is 5.91. The third-order valence-electron chi connectivity index (χ3n) is 3.87. The van der Waals surface area contributed by atoms with Crippen molar-refractivity contribution >= 4 is 0 Å². The SMILES string of the molecule is CC(C)NCC1(OC2COC2)CCCCCC1. The van der Waals surface area contributed by atoms with E-state index in [1.807, 2.05) is 0 Å². The maximum atomic E-state index is 6.36. The summed E-state index contributed by atoms with van der Waals surface area (Å²) in [6.45, 7) is 7.00. The molecule has 1 heterocycles. The monoisotopic (exact) mass is 241 g/mol. The van der Waals surface area contributed by atoms with Gasteiger partial charge < -0.3 is 14.8 Å². The summed E-state index contributed by atoms with van der Waals surface area (Å²) in [5.74, 6) is 0. The molecule has 0 radical (unpaired) electrons. The minimum Gasteiger partial charge on any atom is -0.376 e. The van der Waals surface area contributed by atoms with Gasteiger partial charge in [0.2, 0.25) is 0 Å². The zero-order valence-electron chi connectivity index (χ0n) is 11.3. The van der Waals surface area contributed by atoms with Crippen LogP contribution >= 0.6 is 0 Å². The lowest BCUT2D eigenvalue weighted by molar-refractivity contribution is -0.195. The van der Waals surface area contributed by atoms with Crippen LogP contribution in [0.3, 0.4) is 0 Å². The summed E-state index contributed by atoms with van der Waals surface area (Å²) >= 11 is 0. The number of nitrogens with one attached hydrogen (secondary N) is 1. The third-order valence-corrected chi connectivity index (χ3v) is 3.87. The van der Waals surface area contributed by atoms with E-state index in [4.69, 9.17) is 9.47 Å². The fourth-order valence-corrected chi connectivity index (χ4v) is 2.73. The van der Waals surface area contributed by atoms with E-state index in [0.29, 0.717) is 12.1 Å². The molecule has 2 aliphatic rings. The Morgan fingerprint density at radius 2 is 1.82 bits per heavy atom. The highest BCUT2D eigenvalue weighted by atomic mass is 16.6. The second kappa shape index (κ2) is 6.17. The smallest absolute Gasteiger partial charge is 0.105 e.